The zero-order valence-corrected chi connectivity index (χ0v) is 17.7. The largest absolute Gasteiger partial charge is 0.346 e. The fraction of sp³-hybridized carbons (Fsp3) is 0.381. The number of hydrogen-bond acceptors (Lipinski definition) is 3. The van der Waals surface area contributed by atoms with Gasteiger partial charge in [0.25, 0.3) is 5.91 Å². The van der Waals surface area contributed by atoms with Gasteiger partial charge in [0.05, 0.1) is 11.1 Å². The van der Waals surface area contributed by atoms with Crippen LogP contribution in [0.2, 0.25) is 5.02 Å². The van der Waals surface area contributed by atoms with Crippen LogP contribution < -0.4 is 5.32 Å². The molecule has 5 nitrogen and oxygen atoms in total. The molecule has 150 valence electrons. The second kappa shape index (κ2) is 8.64. The molecule has 1 fully saturated rings. The standard InChI is InChI=1S/C21H25ClN2O3S/c1-15-6-8-17(9-7-15)16(2)23-21(25)18-10-11-19(22)20(14-18)28(26,27)24-12-4-3-5-13-24/h6-11,14,16H,3-5,12-13H2,1-2H3,(H,23,25)/t16-/m0/s1. The van der Waals surface area contributed by atoms with Crippen LogP contribution in [0.4, 0.5) is 0 Å². The third-order valence-corrected chi connectivity index (χ3v) is 7.43. The van der Waals surface area contributed by atoms with Crippen molar-refractivity contribution >= 4 is 27.5 Å². The maximum Gasteiger partial charge on any atom is 0.251 e. The van der Waals surface area contributed by atoms with Crippen molar-refractivity contribution in [3.63, 3.8) is 0 Å². The van der Waals surface area contributed by atoms with Gasteiger partial charge < -0.3 is 5.32 Å². The molecule has 2 aromatic rings. The maximum atomic E-state index is 13.0. The number of hydrogen-bond donors (Lipinski definition) is 1. The molecule has 3 rings (SSSR count). The van der Waals surface area contributed by atoms with E-state index < -0.39 is 10.0 Å². The van der Waals surface area contributed by atoms with Crippen LogP contribution in [0.3, 0.4) is 0 Å². The molecule has 0 aliphatic carbocycles. The zero-order chi connectivity index (χ0) is 20.3. The van der Waals surface area contributed by atoms with Crippen LogP contribution in [0.25, 0.3) is 0 Å². The Labute approximate surface area is 171 Å². The minimum atomic E-state index is -3.71. The van der Waals surface area contributed by atoms with Gasteiger partial charge in [-0.1, -0.05) is 47.9 Å². The van der Waals surface area contributed by atoms with Crippen molar-refractivity contribution in [2.75, 3.05) is 13.1 Å². The number of carbonyl (C=O) groups excluding carboxylic acids is 1. The highest BCUT2D eigenvalue weighted by Crippen LogP contribution is 2.28. The predicted molar refractivity (Wildman–Crippen MR) is 111 cm³/mol. The number of amides is 1. The first-order chi connectivity index (χ1) is 13.3. The van der Waals surface area contributed by atoms with Crippen molar-refractivity contribution in [2.45, 2.75) is 44.0 Å². The third-order valence-electron chi connectivity index (χ3n) is 5.05. The van der Waals surface area contributed by atoms with E-state index in [2.05, 4.69) is 5.32 Å². The van der Waals surface area contributed by atoms with E-state index in [9.17, 15) is 13.2 Å². The molecule has 2 aromatic carbocycles. The normalized spacial score (nSPS) is 16.5. The first kappa shape index (κ1) is 20.8. The van der Waals surface area contributed by atoms with Gasteiger partial charge in [-0.25, -0.2) is 8.42 Å². The Bertz CT molecular complexity index is 952. The van der Waals surface area contributed by atoms with Gasteiger partial charge in [-0.05, 0) is 50.5 Å². The number of benzene rings is 2. The summed E-state index contributed by atoms with van der Waals surface area (Å²) in [7, 11) is -3.71. The molecule has 7 heteroatoms. The average molecular weight is 421 g/mol. The zero-order valence-electron chi connectivity index (χ0n) is 16.1. The Morgan fingerprint density at radius 2 is 1.71 bits per heavy atom. The lowest BCUT2D eigenvalue weighted by Crippen LogP contribution is -2.36. The van der Waals surface area contributed by atoms with E-state index in [1.54, 1.807) is 6.07 Å². The SMILES string of the molecule is Cc1ccc([C@H](C)NC(=O)c2ccc(Cl)c(S(=O)(=O)N3CCCCC3)c2)cc1. The van der Waals surface area contributed by atoms with Crippen LogP contribution in [-0.2, 0) is 10.0 Å². The molecule has 0 bridgehead atoms. The summed E-state index contributed by atoms with van der Waals surface area (Å²) in [5, 5.41) is 3.05. The van der Waals surface area contributed by atoms with E-state index in [0.717, 1.165) is 30.4 Å². The molecule has 0 aromatic heterocycles. The smallest absolute Gasteiger partial charge is 0.251 e. The Kier molecular flexibility index (Phi) is 6.43. The fourth-order valence-electron chi connectivity index (χ4n) is 3.31. The number of piperidine rings is 1. The quantitative estimate of drug-likeness (QED) is 0.783. The topological polar surface area (TPSA) is 66.5 Å². The molecule has 0 saturated carbocycles. The molecular weight excluding hydrogens is 396 g/mol. The third kappa shape index (κ3) is 4.57. The summed E-state index contributed by atoms with van der Waals surface area (Å²) in [5.41, 5.74) is 2.40. The van der Waals surface area contributed by atoms with Crippen LogP contribution in [0, 0.1) is 6.92 Å². The van der Waals surface area contributed by atoms with Crippen molar-refractivity contribution in [2.24, 2.45) is 0 Å². The van der Waals surface area contributed by atoms with Gasteiger partial charge in [-0.3, -0.25) is 4.79 Å². The molecule has 0 spiro atoms. The van der Waals surface area contributed by atoms with E-state index in [1.807, 2.05) is 38.1 Å². The van der Waals surface area contributed by atoms with Crippen molar-refractivity contribution in [3.05, 3.63) is 64.2 Å². The van der Waals surface area contributed by atoms with Gasteiger partial charge in [-0.15, -0.1) is 0 Å². The number of rotatable bonds is 5. The van der Waals surface area contributed by atoms with Crippen molar-refractivity contribution in [1.29, 1.82) is 0 Å². The number of carbonyl (C=O) groups is 1. The van der Waals surface area contributed by atoms with Crippen LogP contribution in [0.1, 0.15) is 53.7 Å². The van der Waals surface area contributed by atoms with Gasteiger partial charge in [0, 0.05) is 18.7 Å². The van der Waals surface area contributed by atoms with Crippen LogP contribution >= 0.6 is 11.6 Å². The molecule has 1 aliphatic rings. The van der Waals surface area contributed by atoms with E-state index in [1.165, 1.54) is 16.4 Å². The number of halogens is 1. The van der Waals surface area contributed by atoms with Gasteiger partial charge >= 0.3 is 0 Å². The van der Waals surface area contributed by atoms with Crippen LogP contribution in [-0.4, -0.2) is 31.7 Å². The first-order valence-electron chi connectivity index (χ1n) is 9.46. The average Bonchev–Trinajstić information content (AvgIpc) is 2.69. The number of nitrogens with one attached hydrogen (secondary N) is 1. The van der Waals surface area contributed by atoms with Gasteiger partial charge in [-0.2, -0.15) is 4.31 Å². The Morgan fingerprint density at radius 3 is 2.36 bits per heavy atom. The van der Waals surface area contributed by atoms with Crippen molar-refractivity contribution in [1.82, 2.24) is 9.62 Å². The molecule has 0 unspecified atom stereocenters. The fourth-order valence-corrected chi connectivity index (χ4v) is 5.32. The summed E-state index contributed by atoms with van der Waals surface area (Å²) < 4.78 is 27.4. The lowest BCUT2D eigenvalue weighted by Gasteiger charge is -2.26. The molecular formula is C21H25ClN2O3S. The summed E-state index contributed by atoms with van der Waals surface area (Å²) in [4.78, 5) is 12.7. The lowest BCUT2D eigenvalue weighted by atomic mass is 10.1. The summed E-state index contributed by atoms with van der Waals surface area (Å²) in [6.45, 7) is 4.87. The van der Waals surface area contributed by atoms with Crippen molar-refractivity contribution in [3.8, 4) is 0 Å². The predicted octanol–water partition coefficient (Wildman–Crippen LogP) is 4.31. The number of sulfonamides is 1. The summed E-state index contributed by atoms with van der Waals surface area (Å²) in [5.74, 6) is -0.333. The second-order valence-corrected chi connectivity index (χ2v) is 9.53. The summed E-state index contributed by atoms with van der Waals surface area (Å²) in [6.07, 6.45) is 2.70. The highest BCUT2D eigenvalue weighted by Gasteiger charge is 2.29. The van der Waals surface area contributed by atoms with Crippen LogP contribution in [0.15, 0.2) is 47.4 Å². The second-order valence-electron chi connectivity index (χ2n) is 7.22. The number of aryl methyl sites for hydroxylation is 1. The summed E-state index contributed by atoms with van der Waals surface area (Å²) >= 11 is 6.18. The van der Waals surface area contributed by atoms with E-state index in [4.69, 9.17) is 11.6 Å². The highest BCUT2D eigenvalue weighted by molar-refractivity contribution is 7.89. The Morgan fingerprint density at radius 1 is 1.07 bits per heavy atom. The van der Waals surface area contributed by atoms with Crippen LogP contribution in [0.5, 0.6) is 0 Å². The molecule has 1 saturated heterocycles. The minimum absolute atomic E-state index is 0.00768. The lowest BCUT2D eigenvalue weighted by molar-refractivity contribution is 0.0939. The molecule has 1 heterocycles. The monoisotopic (exact) mass is 420 g/mol. The Hall–Kier alpha value is -1.89. The van der Waals surface area contributed by atoms with E-state index in [-0.39, 0.29) is 27.4 Å². The summed E-state index contributed by atoms with van der Waals surface area (Å²) in [6, 6.07) is 12.1. The maximum absolute atomic E-state index is 13.0. The molecule has 0 radical (unpaired) electrons. The van der Waals surface area contributed by atoms with Crippen molar-refractivity contribution < 1.29 is 13.2 Å². The highest BCUT2D eigenvalue weighted by atomic mass is 35.5. The molecule has 1 atom stereocenters. The van der Waals surface area contributed by atoms with Gasteiger partial charge in [0.15, 0.2) is 0 Å². The molecule has 1 aliphatic heterocycles. The molecule has 28 heavy (non-hydrogen) atoms. The number of nitrogens with zero attached hydrogens (tertiary/aromatic N) is 1. The minimum Gasteiger partial charge on any atom is -0.346 e. The van der Waals surface area contributed by atoms with Gasteiger partial charge in [0.2, 0.25) is 10.0 Å². The molecule has 1 amide bonds. The Balaban J connectivity index is 1.82. The van der Waals surface area contributed by atoms with Gasteiger partial charge in [0.1, 0.15) is 4.90 Å². The first-order valence-corrected chi connectivity index (χ1v) is 11.3. The van der Waals surface area contributed by atoms with E-state index >= 15 is 0 Å². The molecule has 1 N–H and O–H groups in total. The van der Waals surface area contributed by atoms with E-state index in [0.29, 0.717) is 13.1 Å².